The predicted octanol–water partition coefficient (Wildman–Crippen LogP) is 3.74. The van der Waals surface area contributed by atoms with Gasteiger partial charge in [-0.15, -0.1) is 10.2 Å². The van der Waals surface area contributed by atoms with Crippen LogP contribution in [0.3, 0.4) is 0 Å². The molecular weight excluding hydrogens is 293 g/mol. The van der Waals surface area contributed by atoms with Gasteiger partial charge < -0.3 is 5.32 Å². The van der Waals surface area contributed by atoms with Crippen molar-refractivity contribution < 1.29 is 13.2 Å². The van der Waals surface area contributed by atoms with Gasteiger partial charge in [0.2, 0.25) is 0 Å². The fourth-order valence-corrected chi connectivity index (χ4v) is 2.13. The van der Waals surface area contributed by atoms with Crippen LogP contribution in [0.5, 0.6) is 0 Å². The average molecular weight is 310 g/mol. The Morgan fingerprint density at radius 1 is 1.14 bits per heavy atom. The van der Waals surface area contributed by atoms with Gasteiger partial charge in [-0.1, -0.05) is 19.9 Å². The second kappa shape index (κ2) is 6.72. The third-order valence-corrected chi connectivity index (χ3v) is 3.38. The Morgan fingerprint density at radius 2 is 1.91 bits per heavy atom. The first-order chi connectivity index (χ1) is 10.4. The van der Waals surface area contributed by atoms with Crippen LogP contribution < -0.4 is 5.32 Å². The largest absolute Gasteiger partial charge is 0.435 e. The van der Waals surface area contributed by atoms with Gasteiger partial charge in [-0.2, -0.15) is 13.2 Å². The standard InChI is InChI=1S/C15H17F3N4/c1-10(2)12(11-4-3-7-19-8-11)9-20-14-6-5-13(21-22-14)15(16,17)18/h3-8,10,12H,9H2,1-2H3,(H,20,22). The molecule has 1 unspecified atom stereocenters. The highest BCUT2D eigenvalue weighted by molar-refractivity contribution is 5.34. The van der Waals surface area contributed by atoms with E-state index < -0.39 is 11.9 Å². The van der Waals surface area contributed by atoms with Gasteiger partial charge in [0.25, 0.3) is 0 Å². The maximum absolute atomic E-state index is 12.4. The number of nitrogens with zero attached hydrogens (tertiary/aromatic N) is 3. The van der Waals surface area contributed by atoms with Crippen molar-refractivity contribution in [2.24, 2.45) is 5.92 Å². The number of halogens is 3. The molecule has 22 heavy (non-hydrogen) atoms. The molecule has 0 bridgehead atoms. The van der Waals surface area contributed by atoms with Crippen molar-refractivity contribution in [2.75, 3.05) is 11.9 Å². The van der Waals surface area contributed by atoms with Crippen molar-refractivity contribution in [1.29, 1.82) is 0 Å². The molecule has 0 saturated heterocycles. The van der Waals surface area contributed by atoms with Gasteiger partial charge >= 0.3 is 6.18 Å². The van der Waals surface area contributed by atoms with Crippen molar-refractivity contribution in [1.82, 2.24) is 15.2 Å². The van der Waals surface area contributed by atoms with Crippen LogP contribution in [0.4, 0.5) is 19.0 Å². The number of anilines is 1. The molecule has 1 atom stereocenters. The first-order valence-corrected chi connectivity index (χ1v) is 6.92. The molecular formula is C15H17F3N4. The van der Waals surface area contributed by atoms with Gasteiger partial charge in [0.05, 0.1) is 0 Å². The van der Waals surface area contributed by atoms with E-state index in [1.165, 1.54) is 6.07 Å². The highest BCUT2D eigenvalue weighted by Gasteiger charge is 2.32. The zero-order valence-electron chi connectivity index (χ0n) is 12.3. The van der Waals surface area contributed by atoms with E-state index in [9.17, 15) is 13.2 Å². The summed E-state index contributed by atoms with van der Waals surface area (Å²) < 4.78 is 37.3. The van der Waals surface area contributed by atoms with Crippen molar-refractivity contribution >= 4 is 5.82 Å². The van der Waals surface area contributed by atoms with Gasteiger partial charge in [0.1, 0.15) is 5.82 Å². The van der Waals surface area contributed by atoms with E-state index in [0.717, 1.165) is 11.6 Å². The SMILES string of the molecule is CC(C)C(CNc1ccc(C(F)(F)F)nn1)c1cccnc1. The lowest BCUT2D eigenvalue weighted by atomic mass is 9.89. The maximum atomic E-state index is 12.4. The summed E-state index contributed by atoms with van der Waals surface area (Å²) in [6, 6.07) is 6.06. The van der Waals surface area contributed by atoms with Crippen molar-refractivity contribution in [3.05, 3.63) is 47.9 Å². The molecule has 0 fully saturated rings. The Bertz CT molecular complexity index is 582. The summed E-state index contributed by atoms with van der Waals surface area (Å²) in [6.45, 7) is 4.71. The van der Waals surface area contributed by atoms with Gasteiger partial charge in [-0.05, 0) is 29.7 Å². The molecule has 2 aromatic heterocycles. The molecule has 0 aromatic carbocycles. The van der Waals surface area contributed by atoms with Crippen LogP contribution in [-0.4, -0.2) is 21.7 Å². The average Bonchev–Trinajstić information content (AvgIpc) is 2.48. The highest BCUT2D eigenvalue weighted by atomic mass is 19.4. The molecule has 0 spiro atoms. The summed E-state index contributed by atoms with van der Waals surface area (Å²) in [4.78, 5) is 4.10. The number of hydrogen-bond acceptors (Lipinski definition) is 4. The Balaban J connectivity index is 2.04. The van der Waals surface area contributed by atoms with E-state index in [-0.39, 0.29) is 5.92 Å². The second-order valence-corrected chi connectivity index (χ2v) is 5.32. The summed E-state index contributed by atoms with van der Waals surface area (Å²) in [6.07, 6.45) is -0.970. The summed E-state index contributed by atoms with van der Waals surface area (Å²) in [5, 5.41) is 9.80. The van der Waals surface area contributed by atoms with Gasteiger partial charge in [-0.25, -0.2) is 0 Å². The number of rotatable bonds is 5. The molecule has 1 N–H and O–H groups in total. The number of nitrogens with one attached hydrogen (secondary N) is 1. The number of hydrogen-bond donors (Lipinski definition) is 1. The lowest BCUT2D eigenvalue weighted by Gasteiger charge is -2.21. The molecule has 0 saturated carbocycles. The molecule has 2 heterocycles. The van der Waals surface area contributed by atoms with Crippen LogP contribution in [0.2, 0.25) is 0 Å². The predicted molar refractivity (Wildman–Crippen MR) is 77.3 cm³/mol. The van der Waals surface area contributed by atoms with Gasteiger partial charge in [0.15, 0.2) is 5.69 Å². The van der Waals surface area contributed by atoms with Crippen molar-refractivity contribution in [3.63, 3.8) is 0 Å². The minimum atomic E-state index is -4.47. The number of aromatic nitrogens is 3. The monoisotopic (exact) mass is 310 g/mol. The summed E-state index contributed by atoms with van der Waals surface area (Å²) in [5.41, 5.74) is 0.0792. The van der Waals surface area contributed by atoms with Crippen LogP contribution >= 0.6 is 0 Å². The molecule has 7 heteroatoms. The van der Waals surface area contributed by atoms with E-state index in [0.29, 0.717) is 18.3 Å². The van der Waals surface area contributed by atoms with Crippen LogP contribution in [0.25, 0.3) is 0 Å². The molecule has 2 rings (SSSR count). The smallest absolute Gasteiger partial charge is 0.368 e. The van der Waals surface area contributed by atoms with E-state index in [4.69, 9.17) is 0 Å². The molecule has 0 aliphatic heterocycles. The van der Waals surface area contributed by atoms with Crippen molar-refractivity contribution in [2.45, 2.75) is 25.9 Å². The van der Waals surface area contributed by atoms with Crippen LogP contribution in [-0.2, 0) is 6.18 Å². The Kier molecular flexibility index (Phi) is 4.95. The molecule has 0 radical (unpaired) electrons. The van der Waals surface area contributed by atoms with E-state index in [1.54, 1.807) is 12.4 Å². The quantitative estimate of drug-likeness (QED) is 0.914. The fraction of sp³-hybridized carbons (Fsp3) is 0.400. The highest BCUT2D eigenvalue weighted by Crippen LogP contribution is 2.27. The minimum Gasteiger partial charge on any atom is -0.368 e. The maximum Gasteiger partial charge on any atom is 0.435 e. The number of alkyl halides is 3. The van der Waals surface area contributed by atoms with Gasteiger partial charge in [-0.3, -0.25) is 4.98 Å². The lowest BCUT2D eigenvalue weighted by Crippen LogP contribution is -2.19. The lowest BCUT2D eigenvalue weighted by molar-refractivity contribution is -0.141. The summed E-state index contributed by atoms with van der Waals surface area (Å²) in [7, 11) is 0. The molecule has 0 aliphatic carbocycles. The Morgan fingerprint density at radius 3 is 2.41 bits per heavy atom. The molecule has 0 amide bonds. The first kappa shape index (κ1) is 16.2. The summed E-state index contributed by atoms with van der Waals surface area (Å²) >= 11 is 0. The van der Waals surface area contributed by atoms with E-state index in [1.807, 2.05) is 12.1 Å². The molecule has 118 valence electrons. The fourth-order valence-electron chi connectivity index (χ4n) is 2.13. The Hall–Kier alpha value is -2.18. The summed E-state index contributed by atoms with van der Waals surface area (Å²) in [5.74, 6) is 0.847. The second-order valence-electron chi connectivity index (χ2n) is 5.32. The molecule has 4 nitrogen and oxygen atoms in total. The third-order valence-electron chi connectivity index (χ3n) is 3.38. The molecule has 0 aliphatic rings. The zero-order valence-corrected chi connectivity index (χ0v) is 12.3. The molecule has 2 aromatic rings. The topological polar surface area (TPSA) is 50.7 Å². The van der Waals surface area contributed by atoms with Crippen molar-refractivity contribution in [3.8, 4) is 0 Å². The number of pyridine rings is 1. The third kappa shape index (κ3) is 4.16. The van der Waals surface area contributed by atoms with E-state index in [2.05, 4.69) is 34.3 Å². The minimum absolute atomic E-state index is 0.179. The van der Waals surface area contributed by atoms with Gasteiger partial charge in [0, 0.05) is 24.9 Å². The first-order valence-electron chi connectivity index (χ1n) is 6.92. The van der Waals surface area contributed by atoms with E-state index >= 15 is 0 Å². The zero-order chi connectivity index (χ0) is 16.2. The van der Waals surface area contributed by atoms with Crippen LogP contribution in [0.1, 0.15) is 31.0 Å². The van der Waals surface area contributed by atoms with Crippen LogP contribution in [0, 0.1) is 5.92 Å². The Labute approximate surface area is 126 Å². The normalized spacial score (nSPS) is 13.2. The van der Waals surface area contributed by atoms with Crippen LogP contribution in [0.15, 0.2) is 36.7 Å².